The van der Waals surface area contributed by atoms with Crippen LogP contribution in [0.4, 0.5) is 0 Å². The molecule has 0 fully saturated rings. The highest BCUT2D eigenvalue weighted by molar-refractivity contribution is 14.1. The van der Waals surface area contributed by atoms with Gasteiger partial charge in [0.15, 0.2) is 11.5 Å². The highest BCUT2D eigenvalue weighted by Crippen LogP contribution is 2.34. The molecule has 2 aromatic rings. The Hall–Kier alpha value is -2.51. The van der Waals surface area contributed by atoms with Crippen LogP contribution in [0.1, 0.15) is 16.7 Å². The monoisotopic (exact) mass is 416 g/mol. The number of methoxy groups -OCH3 is 2. The van der Waals surface area contributed by atoms with Crippen molar-refractivity contribution in [2.75, 3.05) is 14.2 Å². The first-order valence-corrected chi connectivity index (χ1v) is 7.74. The smallest absolute Gasteiger partial charge is 0.174 e. The summed E-state index contributed by atoms with van der Waals surface area (Å²) in [5.41, 5.74) is 2.67. The lowest BCUT2D eigenvalue weighted by Gasteiger charge is -2.10. The molecule has 0 N–H and O–H groups in total. The molecule has 0 saturated carbocycles. The summed E-state index contributed by atoms with van der Waals surface area (Å²) in [4.78, 5) is 0. The molecule has 0 aromatic heterocycles. The second kappa shape index (κ2) is 7.66. The summed E-state index contributed by atoms with van der Waals surface area (Å²) in [7, 11) is 3.17. The predicted octanol–water partition coefficient (Wildman–Crippen LogP) is 4.24. The van der Waals surface area contributed by atoms with Crippen LogP contribution in [-0.2, 0) is 0 Å². The zero-order valence-corrected chi connectivity index (χ0v) is 14.8. The van der Waals surface area contributed by atoms with Gasteiger partial charge in [0.05, 0.1) is 41.1 Å². The Morgan fingerprint density at radius 2 is 1.78 bits per heavy atom. The number of halogens is 1. The van der Waals surface area contributed by atoms with Gasteiger partial charge in [-0.25, -0.2) is 0 Å². The molecule has 0 atom stereocenters. The van der Waals surface area contributed by atoms with Gasteiger partial charge in [0.1, 0.15) is 0 Å². The van der Waals surface area contributed by atoms with E-state index in [1.165, 1.54) is 0 Å². The molecule has 0 aliphatic carbocycles. The van der Waals surface area contributed by atoms with Crippen molar-refractivity contribution in [2.24, 2.45) is 0 Å². The van der Waals surface area contributed by atoms with Gasteiger partial charge in [-0.1, -0.05) is 12.1 Å². The van der Waals surface area contributed by atoms with Crippen LogP contribution in [0.3, 0.4) is 0 Å². The largest absolute Gasteiger partial charge is 0.493 e. The lowest BCUT2D eigenvalue weighted by Crippen LogP contribution is -1.94. The van der Waals surface area contributed by atoms with Crippen molar-refractivity contribution in [1.29, 1.82) is 10.5 Å². The van der Waals surface area contributed by atoms with E-state index in [0.717, 1.165) is 14.7 Å². The average molecular weight is 416 g/mol. The molecule has 0 radical (unpaired) electrons. The number of hydrogen-bond donors (Lipinski definition) is 0. The van der Waals surface area contributed by atoms with Crippen molar-refractivity contribution in [1.82, 2.24) is 0 Å². The lowest BCUT2D eigenvalue weighted by atomic mass is 10.0. The number of nitrogens with zero attached hydrogens (tertiary/aromatic N) is 2. The zero-order chi connectivity index (χ0) is 16.8. The Kier molecular flexibility index (Phi) is 5.61. The molecule has 0 amide bonds. The molecule has 0 heterocycles. The van der Waals surface area contributed by atoms with Crippen LogP contribution in [0.15, 0.2) is 36.4 Å². The van der Waals surface area contributed by atoms with E-state index in [1.54, 1.807) is 44.6 Å². The van der Waals surface area contributed by atoms with Crippen LogP contribution in [0, 0.1) is 26.2 Å². The van der Waals surface area contributed by atoms with E-state index in [-0.39, 0.29) is 0 Å². The fourth-order valence-electron chi connectivity index (χ4n) is 2.09. The van der Waals surface area contributed by atoms with Crippen LogP contribution < -0.4 is 9.47 Å². The maximum Gasteiger partial charge on any atom is 0.174 e. The Bertz CT molecular complexity index is 828. The average Bonchev–Trinajstić information content (AvgIpc) is 2.59. The molecule has 2 aromatic carbocycles. The molecule has 23 heavy (non-hydrogen) atoms. The van der Waals surface area contributed by atoms with E-state index >= 15 is 0 Å². The summed E-state index contributed by atoms with van der Waals surface area (Å²) in [6.07, 6.45) is 1.78. The fraction of sp³-hybridized carbons (Fsp3) is 0.111. The number of rotatable bonds is 4. The minimum absolute atomic E-state index is 0.512. The van der Waals surface area contributed by atoms with Gasteiger partial charge in [0.25, 0.3) is 0 Å². The summed E-state index contributed by atoms with van der Waals surface area (Å²) >= 11 is 2.16. The van der Waals surface area contributed by atoms with Crippen LogP contribution in [-0.4, -0.2) is 14.2 Å². The molecule has 0 spiro atoms. The van der Waals surface area contributed by atoms with Gasteiger partial charge < -0.3 is 9.47 Å². The van der Waals surface area contributed by atoms with Gasteiger partial charge in [-0.05, 0) is 64.1 Å². The molecule has 0 unspecified atom stereocenters. The third-order valence-electron chi connectivity index (χ3n) is 3.21. The topological polar surface area (TPSA) is 66.0 Å². The maximum atomic E-state index is 9.42. The summed E-state index contributed by atoms with van der Waals surface area (Å²) in [6, 6.07) is 14.9. The highest BCUT2D eigenvalue weighted by Gasteiger charge is 2.10. The molecule has 5 heteroatoms. The molecular formula is C18H13IN2O2. The van der Waals surface area contributed by atoms with E-state index in [1.807, 2.05) is 12.1 Å². The third kappa shape index (κ3) is 3.82. The predicted molar refractivity (Wildman–Crippen MR) is 96.9 cm³/mol. The van der Waals surface area contributed by atoms with E-state index < -0.39 is 0 Å². The molecule has 0 aliphatic rings. The van der Waals surface area contributed by atoms with Crippen molar-refractivity contribution in [3.63, 3.8) is 0 Å². The van der Waals surface area contributed by atoms with Crippen molar-refractivity contribution >= 4 is 34.2 Å². The number of benzene rings is 2. The molecular weight excluding hydrogens is 403 g/mol. The maximum absolute atomic E-state index is 9.42. The van der Waals surface area contributed by atoms with E-state index in [9.17, 15) is 5.26 Å². The SMILES string of the molecule is COc1cc(/C=C(\C#N)c2ccc(C#N)cc2)cc(I)c1OC. The number of ether oxygens (including phenoxy) is 2. The number of hydrogen-bond acceptors (Lipinski definition) is 4. The Morgan fingerprint density at radius 3 is 2.30 bits per heavy atom. The quantitative estimate of drug-likeness (QED) is 0.425. The molecule has 114 valence electrons. The summed E-state index contributed by atoms with van der Waals surface area (Å²) in [5, 5.41) is 18.3. The van der Waals surface area contributed by atoms with Gasteiger partial charge >= 0.3 is 0 Å². The van der Waals surface area contributed by atoms with Crippen molar-refractivity contribution in [2.45, 2.75) is 0 Å². The summed E-state index contributed by atoms with van der Waals surface area (Å²) < 4.78 is 11.5. The Morgan fingerprint density at radius 1 is 1.09 bits per heavy atom. The van der Waals surface area contributed by atoms with Gasteiger partial charge in [0.2, 0.25) is 0 Å². The molecule has 0 saturated heterocycles. The first-order chi connectivity index (χ1) is 11.1. The Labute approximate surface area is 148 Å². The van der Waals surface area contributed by atoms with Crippen LogP contribution in [0.5, 0.6) is 11.5 Å². The minimum atomic E-state index is 0.512. The molecule has 2 rings (SSSR count). The fourth-order valence-corrected chi connectivity index (χ4v) is 2.94. The van der Waals surface area contributed by atoms with Crippen molar-refractivity contribution in [3.8, 4) is 23.6 Å². The first-order valence-electron chi connectivity index (χ1n) is 6.66. The summed E-state index contributed by atoms with van der Waals surface area (Å²) in [6.45, 7) is 0. The van der Waals surface area contributed by atoms with Crippen molar-refractivity contribution < 1.29 is 9.47 Å². The number of allylic oxidation sites excluding steroid dienone is 1. The molecule has 4 nitrogen and oxygen atoms in total. The van der Waals surface area contributed by atoms with Crippen LogP contribution in [0.2, 0.25) is 0 Å². The third-order valence-corrected chi connectivity index (χ3v) is 4.01. The first kappa shape index (κ1) is 16.9. The van der Waals surface area contributed by atoms with E-state index in [0.29, 0.717) is 22.6 Å². The summed E-state index contributed by atoms with van der Waals surface area (Å²) in [5.74, 6) is 1.28. The molecule has 0 aliphatic heterocycles. The van der Waals surface area contributed by atoms with E-state index in [4.69, 9.17) is 14.7 Å². The van der Waals surface area contributed by atoms with Gasteiger partial charge in [-0.3, -0.25) is 0 Å². The zero-order valence-electron chi connectivity index (χ0n) is 12.6. The van der Waals surface area contributed by atoms with Gasteiger partial charge in [-0.2, -0.15) is 10.5 Å². The normalized spacial score (nSPS) is 10.6. The van der Waals surface area contributed by atoms with Crippen LogP contribution in [0.25, 0.3) is 11.6 Å². The minimum Gasteiger partial charge on any atom is -0.493 e. The van der Waals surface area contributed by atoms with Gasteiger partial charge in [-0.15, -0.1) is 0 Å². The second-order valence-corrected chi connectivity index (χ2v) is 5.76. The highest BCUT2D eigenvalue weighted by atomic mass is 127. The van der Waals surface area contributed by atoms with Crippen LogP contribution >= 0.6 is 22.6 Å². The lowest BCUT2D eigenvalue weighted by molar-refractivity contribution is 0.353. The number of nitriles is 2. The Balaban J connectivity index is 2.48. The standard InChI is InChI=1S/C18H13IN2O2/c1-22-17-9-13(8-16(19)18(17)23-2)7-15(11-21)14-5-3-12(10-20)4-6-14/h3-9H,1-2H3/b15-7+. The van der Waals surface area contributed by atoms with Crippen molar-refractivity contribution in [3.05, 3.63) is 56.7 Å². The van der Waals surface area contributed by atoms with Gasteiger partial charge in [0, 0.05) is 0 Å². The second-order valence-electron chi connectivity index (χ2n) is 4.60. The van der Waals surface area contributed by atoms with E-state index in [2.05, 4.69) is 34.7 Å². The molecule has 0 bridgehead atoms.